The van der Waals surface area contributed by atoms with Crippen LogP contribution in [0.2, 0.25) is 0 Å². The number of fused-ring (bicyclic) bond motifs is 1. The maximum Gasteiger partial charge on any atom is 0.338 e. The Balaban J connectivity index is 2.18. The van der Waals surface area contributed by atoms with Gasteiger partial charge in [-0.3, -0.25) is 0 Å². The van der Waals surface area contributed by atoms with E-state index in [1.807, 2.05) is 48.5 Å². The van der Waals surface area contributed by atoms with Gasteiger partial charge < -0.3 is 5.11 Å². The quantitative estimate of drug-likeness (QED) is 0.624. The molecule has 0 spiro atoms. The molecule has 0 bridgehead atoms. The van der Waals surface area contributed by atoms with Crippen LogP contribution in [0.5, 0.6) is 0 Å². The molecule has 5 nitrogen and oxygen atoms in total. The van der Waals surface area contributed by atoms with Gasteiger partial charge in [0.25, 0.3) is 0 Å². The Morgan fingerprint density at radius 3 is 2.42 bits per heavy atom. The van der Waals surface area contributed by atoms with Crippen molar-refractivity contribution in [3.63, 3.8) is 0 Å². The lowest BCUT2D eigenvalue weighted by atomic mass is 10.0. The summed E-state index contributed by atoms with van der Waals surface area (Å²) >= 11 is 0. The normalized spacial score (nSPS) is 10.8. The third kappa shape index (κ3) is 2.23. The number of aromatic carboxylic acids is 1. The molecule has 1 N–H and O–H groups in total. The fourth-order valence-corrected chi connectivity index (χ4v) is 2.84. The number of hydrogen-bond acceptors (Lipinski definition) is 3. The lowest BCUT2D eigenvalue weighted by Gasteiger charge is -2.15. The minimum Gasteiger partial charge on any atom is -0.478 e. The van der Waals surface area contributed by atoms with E-state index >= 15 is 0 Å². The Kier molecular flexibility index (Phi) is 3.31. The highest BCUT2D eigenvalue weighted by Crippen LogP contribution is 2.32. The van der Waals surface area contributed by atoms with Gasteiger partial charge in [0, 0.05) is 23.3 Å². The molecule has 4 rings (SSSR count). The topological polar surface area (TPSA) is 68.0 Å². The molecule has 0 fully saturated rings. The van der Waals surface area contributed by atoms with Crippen LogP contribution >= 0.6 is 0 Å². The van der Waals surface area contributed by atoms with Crippen LogP contribution < -0.4 is 0 Å². The average Bonchev–Trinajstić information content (AvgIpc) is 3.15. The number of rotatable bonds is 3. The van der Waals surface area contributed by atoms with Gasteiger partial charge in [-0.15, -0.1) is 0 Å². The zero-order valence-electron chi connectivity index (χ0n) is 12.6. The molecule has 0 unspecified atom stereocenters. The molecule has 0 aliphatic rings. The number of aromatic nitrogens is 3. The fraction of sp³-hybridized carbons (Fsp3) is 0. The molecule has 4 aromatic rings. The van der Waals surface area contributed by atoms with Crippen LogP contribution in [0, 0.1) is 0 Å². The van der Waals surface area contributed by atoms with Crippen LogP contribution in [-0.4, -0.2) is 25.8 Å². The van der Waals surface area contributed by atoms with E-state index in [0.717, 1.165) is 5.56 Å². The molecule has 0 aliphatic carbocycles. The maximum absolute atomic E-state index is 12.0. The lowest BCUT2D eigenvalue weighted by molar-refractivity contribution is 0.0699. The molecule has 0 saturated heterocycles. The van der Waals surface area contributed by atoms with Gasteiger partial charge >= 0.3 is 5.97 Å². The summed E-state index contributed by atoms with van der Waals surface area (Å²) in [6.07, 6.45) is 3.35. The van der Waals surface area contributed by atoms with E-state index in [-0.39, 0.29) is 5.56 Å². The Morgan fingerprint density at radius 1 is 0.958 bits per heavy atom. The highest BCUT2D eigenvalue weighted by atomic mass is 16.4. The van der Waals surface area contributed by atoms with Crippen LogP contribution in [0.15, 0.2) is 73.1 Å². The molecule has 2 aromatic heterocycles. The second-order valence-electron chi connectivity index (χ2n) is 5.32. The van der Waals surface area contributed by atoms with Crippen molar-refractivity contribution in [2.24, 2.45) is 0 Å². The van der Waals surface area contributed by atoms with Crippen LogP contribution in [0.3, 0.4) is 0 Å². The van der Waals surface area contributed by atoms with E-state index in [2.05, 4.69) is 5.10 Å². The van der Waals surface area contributed by atoms with Gasteiger partial charge in [-0.2, -0.15) is 5.10 Å². The summed E-state index contributed by atoms with van der Waals surface area (Å²) in [6.45, 7) is 0. The third-order valence-corrected chi connectivity index (χ3v) is 3.86. The van der Waals surface area contributed by atoms with E-state index in [1.165, 1.54) is 0 Å². The molecule has 0 amide bonds. The first-order chi connectivity index (χ1) is 11.8. The van der Waals surface area contributed by atoms with Gasteiger partial charge in [-0.25, -0.2) is 14.5 Å². The van der Waals surface area contributed by atoms with Crippen molar-refractivity contribution in [2.45, 2.75) is 0 Å². The summed E-state index contributed by atoms with van der Waals surface area (Å²) in [7, 11) is 0. The summed E-state index contributed by atoms with van der Waals surface area (Å²) in [5, 5.41) is 14.7. The average molecular weight is 315 g/mol. The molecule has 0 saturated carbocycles. The lowest BCUT2D eigenvalue weighted by Crippen LogP contribution is -2.10. The second-order valence-corrected chi connectivity index (χ2v) is 5.32. The van der Waals surface area contributed by atoms with Crippen LogP contribution in [0.1, 0.15) is 10.4 Å². The zero-order chi connectivity index (χ0) is 16.5. The number of hydrogen-bond donors (Lipinski definition) is 1. The first kappa shape index (κ1) is 14.1. The Hall–Kier alpha value is -3.47. The largest absolute Gasteiger partial charge is 0.478 e. The summed E-state index contributed by atoms with van der Waals surface area (Å²) in [5.74, 6) is -1.00. The molecule has 2 heterocycles. The van der Waals surface area contributed by atoms with Gasteiger partial charge in [0.2, 0.25) is 0 Å². The Labute approximate surface area is 137 Å². The van der Waals surface area contributed by atoms with Crippen molar-refractivity contribution in [1.29, 1.82) is 0 Å². The number of carboxylic acid groups (broad SMARTS) is 1. The minimum absolute atomic E-state index is 0.197. The Morgan fingerprint density at radius 2 is 1.71 bits per heavy atom. The number of pyridine rings is 1. The highest BCUT2D eigenvalue weighted by Gasteiger charge is 2.22. The predicted octanol–water partition coefficient (Wildman–Crippen LogP) is 3.79. The zero-order valence-corrected chi connectivity index (χ0v) is 12.6. The van der Waals surface area contributed by atoms with Crippen molar-refractivity contribution in [3.8, 4) is 16.9 Å². The van der Waals surface area contributed by atoms with Crippen molar-refractivity contribution in [1.82, 2.24) is 14.8 Å². The molecule has 2 aromatic carbocycles. The highest BCUT2D eigenvalue weighted by molar-refractivity contribution is 6.08. The Bertz CT molecular complexity index is 1030. The van der Waals surface area contributed by atoms with Gasteiger partial charge in [-0.1, -0.05) is 48.5 Å². The van der Waals surface area contributed by atoms with E-state index < -0.39 is 5.97 Å². The summed E-state index contributed by atoms with van der Waals surface area (Å²) in [6, 6.07) is 18.6. The first-order valence-corrected chi connectivity index (χ1v) is 7.47. The summed E-state index contributed by atoms with van der Waals surface area (Å²) in [5.41, 5.74) is 2.75. The molecular formula is C19H13N3O2. The van der Waals surface area contributed by atoms with Crippen molar-refractivity contribution in [2.75, 3.05) is 0 Å². The molecular weight excluding hydrogens is 302 g/mol. The smallest absolute Gasteiger partial charge is 0.338 e. The first-order valence-electron chi connectivity index (χ1n) is 7.47. The SMILES string of the molecule is O=C(O)c1c(-n2cccn2)c(-c2ccccc2)nc2ccccc12. The number of carbonyl (C=O) groups is 1. The molecule has 0 atom stereocenters. The molecule has 5 heteroatoms. The number of nitrogens with zero attached hydrogens (tertiary/aromatic N) is 3. The van der Waals surface area contributed by atoms with Crippen LogP contribution in [0.25, 0.3) is 27.8 Å². The second kappa shape index (κ2) is 5.62. The fourth-order valence-electron chi connectivity index (χ4n) is 2.84. The van der Waals surface area contributed by atoms with Gasteiger partial charge in [0.1, 0.15) is 5.69 Å². The maximum atomic E-state index is 12.0. The van der Waals surface area contributed by atoms with E-state index in [0.29, 0.717) is 22.3 Å². The van der Waals surface area contributed by atoms with Crippen molar-refractivity contribution in [3.05, 3.63) is 78.6 Å². The van der Waals surface area contributed by atoms with Gasteiger partial charge in [0.05, 0.1) is 16.8 Å². The van der Waals surface area contributed by atoms with E-state index in [4.69, 9.17) is 4.98 Å². The standard InChI is InChI=1S/C19H13N3O2/c23-19(24)16-14-9-4-5-10-15(14)21-17(13-7-2-1-3-8-13)18(16)22-12-6-11-20-22/h1-12H,(H,23,24). The van der Waals surface area contributed by atoms with Crippen molar-refractivity contribution < 1.29 is 9.90 Å². The summed E-state index contributed by atoms with van der Waals surface area (Å²) in [4.78, 5) is 16.8. The summed E-state index contributed by atoms with van der Waals surface area (Å²) < 4.78 is 1.56. The molecule has 0 aliphatic heterocycles. The molecule has 24 heavy (non-hydrogen) atoms. The predicted molar refractivity (Wildman–Crippen MR) is 91.3 cm³/mol. The van der Waals surface area contributed by atoms with E-state index in [1.54, 1.807) is 29.2 Å². The van der Waals surface area contributed by atoms with Gasteiger partial charge in [0.15, 0.2) is 0 Å². The number of benzene rings is 2. The van der Waals surface area contributed by atoms with E-state index in [9.17, 15) is 9.90 Å². The van der Waals surface area contributed by atoms with Crippen LogP contribution in [0.4, 0.5) is 0 Å². The number of para-hydroxylation sites is 1. The van der Waals surface area contributed by atoms with Crippen LogP contribution in [-0.2, 0) is 0 Å². The monoisotopic (exact) mass is 315 g/mol. The minimum atomic E-state index is -1.00. The molecule has 0 radical (unpaired) electrons. The van der Waals surface area contributed by atoms with Crippen molar-refractivity contribution >= 4 is 16.9 Å². The van der Waals surface area contributed by atoms with Gasteiger partial charge in [-0.05, 0) is 12.1 Å². The third-order valence-electron chi connectivity index (χ3n) is 3.86. The molecule has 116 valence electrons. The number of carboxylic acids is 1.